The summed E-state index contributed by atoms with van der Waals surface area (Å²) < 4.78 is 1.78. The highest BCUT2D eigenvalue weighted by Crippen LogP contribution is 2.28. The second-order valence-corrected chi connectivity index (χ2v) is 7.01. The minimum atomic E-state index is -0.159. The molecule has 0 aliphatic carbocycles. The molecule has 0 spiro atoms. The maximum Gasteiger partial charge on any atom is 0.256 e. The molecule has 2 aromatic rings. The number of carbonyl (C=O) groups is 1. The predicted molar refractivity (Wildman–Crippen MR) is 95.5 cm³/mol. The van der Waals surface area contributed by atoms with E-state index in [0.717, 1.165) is 19.3 Å². The molecule has 2 nitrogen and oxygen atoms in total. The van der Waals surface area contributed by atoms with E-state index in [-0.39, 0.29) is 11.3 Å². The summed E-state index contributed by atoms with van der Waals surface area (Å²) in [6, 6.07) is 13.2. The quantitative estimate of drug-likeness (QED) is 0.465. The van der Waals surface area contributed by atoms with Crippen molar-refractivity contribution in [2.45, 2.75) is 12.3 Å². The molecule has 0 aliphatic heterocycles. The molecule has 2 aromatic carbocycles. The number of hydrogen-bond donors (Lipinski definition) is 1. The molecular weight excluding hydrogens is 452 g/mol. The topological polar surface area (TPSA) is 29.1 Å². The average Bonchev–Trinajstić information content (AvgIpc) is 2.41. The van der Waals surface area contributed by atoms with Gasteiger partial charge in [-0.15, -0.1) is 11.6 Å². The van der Waals surface area contributed by atoms with Crippen molar-refractivity contribution in [2.75, 3.05) is 5.32 Å². The molecule has 2 rings (SSSR count). The first kappa shape index (κ1) is 15.8. The molecule has 1 unspecified atom stereocenters. The summed E-state index contributed by atoms with van der Waals surface area (Å²) in [5.74, 6) is -0.138. The van der Waals surface area contributed by atoms with Crippen LogP contribution in [0.1, 0.15) is 28.2 Å². The Balaban J connectivity index is 2.31. The lowest BCUT2D eigenvalue weighted by Crippen LogP contribution is -2.14. The number of rotatable bonds is 3. The number of carbonyl (C=O) groups excluding carboxylic acids is 1. The third-order valence-electron chi connectivity index (χ3n) is 2.81. The number of halogens is 3. The molecule has 0 aromatic heterocycles. The summed E-state index contributed by atoms with van der Waals surface area (Å²) in [5, 5.41) is 2.77. The van der Waals surface area contributed by atoms with Crippen LogP contribution in [0, 0.1) is 3.57 Å². The van der Waals surface area contributed by atoms with E-state index in [1.165, 1.54) is 0 Å². The Morgan fingerprint density at radius 3 is 2.70 bits per heavy atom. The van der Waals surface area contributed by atoms with Crippen LogP contribution in [0.15, 0.2) is 46.9 Å². The van der Waals surface area contributed by atoms with E-state index in [0.29, 0.717) is 5.56 Å². The smallest absolute Gasteiger partial charge is 0.256 e. The van der Waals surface area contributed by atoms with Crippen molar-refractivity contribution in [1.82, 2.24) is 0 Å². The average molecular weight is 465 g/mol. The lowest BCUT2D eigenvalue weighted by Gasteiger charge is -2.13. The summed E-state index contributed by atoms with van der Waals surface area (Å²) in [5.41, 5.74) is 2.29. The zero-order valence-electron chi connectivity index (χ0n) is 10.7. The van der Waals surface area contributed by atoms with Gasteiger partial charge >= 0.3 is 0 Å². The molecule has 104 valence electrons. The number of benzene rings is 2. The van der Waals surface area contributed by atoms with E-state index in [9.17, 15) is 4.79 Å². The largest absolute Gasteiger partial charge is 0.322 e. The van der Waals surface area contributed by atoms with Gasteiger partial charge in [0.2, 0.25) is 0 Å². The van der Waals surface area contributed by atoms with Crippen LogP contribution in [-0.4, -0.2) is 5.91 Å². The Hall–Kier alpha value is -0.590. The van der Waals surface area contributed by atoms with Crippen LogP contribution >= 0.6 is 50.1 Å². The highest BCUT2D eigenvalue weighted by molar-refractivity contribution is 14.1. The van der Waals surface area contributed by atoms with Gasteiger partial charge in [0.25, 0.3) is 5.91 Å². The summed E-state index contributed by atoms with van der Waals surface area (Å²) >= 11 is 11.7. The third kappa shape index (κ3) is 3.74. The van der Waals surface area contributed by atoms with Crippen LogP contribution in [0.5, 0.6) is 0 Å². The normalized spacial score (nSPS) is 12.0. The zero-order chi connectivity index (χ0) is 14.7. The van der Waals surface area contributed by atoms with Crippen molar-refractivity contribution in [3.8, 4) is 0 Å². The van der Waals surface area contributed by atoms with Crippen LogP contribution in [0.2, 0.25) is 0 Å². The van der Waals surface area contributed by atoms with Gasteiger partial charge in [-0.25, -0.2) is 0 Å². The molecule has 5 heteroatoms. The monoisotopic (exact) mass is 463 g/mol. The molecule has 0 bridgehead atoms. The second kappa shape index (κ2) is 6.91. The molecule has 0 heterocycles. The van der Waals surface area contributed by atoms with E-state index < -0.39 is 0 Å². The van der Waals surface area contributed by atoms with Gasteiger partial charge in [-0.1, -0.05) is 34.1 Å². The molecule has 1 N–H and O–H groups in total. The Kier molecular flexibility index (Phi) is 5.46. The standard InChI is InChI=1S/C15H12BrClINO/c1-9(17)11-4-2-3-5-14(11)19-15(20)12-8-10(16)6-7-13(12)18/h2-9H,1H3,(H,19,20). The Morgan fingerprint density at radius 1 is 1.30 bits per heavy atom. The minimum absolute atomic E-state index is 0.138. The van der Waals surface area contributed by atoms with Gasteiger partial charge < -0.3 is 5.32 Å². The molecule has 0 fully saturated rings. The zero-order valence-corrected chi connectivity index (χ0v) is 15.2. The fourth-order valence-electron chi connectivity index (χ4n) is 1.82. The fourth-order valence-corrected chi connectivity index (χ4v) is 2.95. The van der Waals surface area contributed by atoms with Gasteiger partial charge in [0.15, 0.2) is 0 Å². The lowest BCUT2D eigenvalue weighted by molar-refractivity contribution is 0.102. The van der Waals surface area contributed by atoms with Crippen LogP contribution in [-0.2, 0) is 0 Å². The number of amides is 1. The molecule has 1 atom stereocenters. The number of para-hydroxylation sites is 1. The predicted octanol–water partition coefficient (Wildman–Crippen LogP) is 5.61. The first-order chi connectivity index (χ1) is 9.49. The third-order valence-corrected chi connectivity index (χ3v) is 4.48. The Morgan fingerprint density at radius 2 is 2.00 bits per heavy atom. The number of alkyl halides is 1. The molecular formula is C15H12BrClINO. The van der Waals surface area contributed by atoms with Crippen LogP contribution in [0.4, 0.5) is 5.69 Å². The number of anilines is 1. The van der Waals surface area contributed by atoms with Crippen LogP contribution in [0.3, 0.4) is 0 Å². The molecule has 0 radical (unpaired) electrons. The molecule has 0 aliphatic rings. The van der Waals surface area contributed by atoms with E-state index in [1.807, 2.05) is 49.4 Å². The van der Waals surface area contributed by atoms with Crippen molar-refractivity contribution < 1.29 is 4.79 Å². The highest BCUT2D eigenvalue weighted by Gasteiger charge is 2.14. The van der Waals surface area contributed by atoms with Gasteiger partial charge in [-0.2, -0.15) is 0 Å². The lowest BCUT2D eigenvalue weighted by atomic mass is 10.1. The Bertz CT molecular complexity index is 646. The molecule has 20 heavy (non-hydrogen) atoms. The highest BCUT2D eigenvalue weighted by atomic mass is 127. The van der Waals surface area contributed by atoms with Crippen LogP contribution in [0.25, 0.3) is 0 Å². The summed E-state index contributed by atoms with van der Waals surface area (Å²) in [7, 11) is 0. The second-order valence-electron chi connectivity index (χ2n) is 4.28. The number of nitrogens with one attached hydrogen (secondary N) is 1. The van der Waals surface area contributed by atoms with Crippen molar-refractivity contribution in [2.24, 2.45) is 0 Å². The van der Waals surface area contributed by atoms with Gasteiger partial charge in [-0.05, 0) is 59.3 Å². The van der Waals surface area contributed by atoms with Crippen molar-refractivity contribution >= 4 is 61.7 Å². The maximum absolute atomic E-state index is 12.4. The van der Waals surface area contributed by atoms with E-state index in [1.54, 1.807) is 0 Å². The summed E-state index contributed by atoms with van der Waals surface area (Å²) in [4.78, 5) is 12.4. The first-order valence-corrected chi connectivity index (χ1v) is 8.29. The van der Waals surface area contributed by atoms with Gasteiger partial charge in [-0.3, -0.25) is 4.79 Å². The SMILES string of the molecule is CC(Cl)c1ccccc1NC(=O)c1cc(Br)ccc1I. The summed E-state index contributed by atoms with van der Waals surface area (Å²) in [6.07, 6.45) is 0. The fraction of sp³-hybridized carbons (Fsp3) is 0.133. The van der Waals surface area contributed by atoms with Gasteiger partial charge in [0, 0.05) is 13.7 Å². The molecule has 0 saturated heterocycles. The van der Waals surface area contributed by atoms with E-state index in [4.69, 9.17) is 11.6 Å². The Labute approximate surface area is 145 Å². The molecule has 0 saturated carbocycles. The molecule has 1 amide bonds. The van der Waals surface area contributed by atoms with E-state index >= 15 is 0 Å². The van der Waals surface area contributed by atoms with Gasteiger partial charge in [0.05, 0.1) is 10.9 Å². The van der Waals surface area contributed by atoms with Crippen LogP contribution < -0.4 is 5.32 Å². The summed E-state index contributed by atoms with van der Waals surface area (Å²) in [6.45, 7) is 1.88. The van der Waals surface area contributed by atoms with Gasteiger partial charge in [0.1, 0.15) is 0 Å². The maximum atomic E-state index is 12.4. The first-order valence-electron chi connectivity index (χ1n) is 5.98. The minimum Gasteiger partial charge on any atom is -0.322 e. The van der Waals surface area contributed by atoms with Crippen molar-refractivity contribution in [3.05, 3.63) is 61.6 Å². The van der Waals surface area contributed by atoms with E-state index in [2.05, 4.69) is 43.8 Å². The number of hydrogen-bond acceptors (Lipinski definition) is 1. The van der Waals surface area contributed by atoms with Crippen molar-refractivity contribution in [3.63, 3.8) is 0 Å². The van der Waals surface area contributed by atoms with Crippen molar-refractivity contribution in [1.29, 1.82) is 0 Å².